The molecule has 1 aromatic carbocycles. The molecule has 0 aromatic heterocycles. The summed E-state index contributed by atoms with van der Waals surface area (Å²) in [6.07, 6.45) is 2.79. The molecule has 1 amide bonds. The largest absolute Gasteiger partial charge is 0.379 e. The Morgan fingerprint density at radius 1 is 1.45 bits per heavy atom. The van der Waals surface area contributed by atoms with Gasteiger partial charge in [-0.15, -0.1) is 0 Å². The molecule has 1 saturated heterocycles. The van der Waals surface area contributed by atoms with Gasteiger partial charge in [-0.3, -0.25) is 9.69 Å². The van der Waals surface area contributed by atoms with Crippen molar-refractivity contribution in [3.63, 3.8) is 0 Å². The van der Waals surface area contributed by atoms with E-state index in [1.165, 1.54) is 17.0 Å². The Balaban J connectivity index is 2.06. The molecule has 106 valence electrons. The van der Waals surface area contributed by atoms with Gasteiger partial charge in [0.05, 0.1) is 10.7 Å². The zero-order chi connectivity index (χ0) is 14.5. The summed E-state index contributed by atoms with van der Waals surface area (Å²) in [4.78, 5) is 14.0. The van der Waals surface area contributed by atoms with Gasteiger partial charge in [-0.05, 0) is 37.5 Å². The Bertz CT molecular complexity index is 609. The van der Waals surface area contributed by atoms with Gasteiger partial charge in [0, 0.05) is 10.4 Å². The molecular weight excluding hydrogens is 345 g/mol. The van der Waals surface area contributed by atoms with Gasteiger partial charge in [0.25, 0.3) is 5.91 Å². The number of rotatable bonds is 1. The first-order valence-electron chi connectivity index (χ1n) is 6.51. The molecule has 20 heavy (non-hydrogen) atoms. The van der Waals surface area contributed by atoms with Crippen LogP contribution in [-0.4, -0.2) is 21.6 Å². The molecule has 1 aliphatic heterocycles. The Morgan fingerprint density at radius 3 is 2.85 bits per heavy atom. The van der Waals surface area contributed by atoms with Crippen LogP contribution >= 0.6 is 28.1 Å². The highest BCUT2D eigenvalue weighted by molar-refractivity contribution is 9.10. The van der Waals surface area contributed by atoms with Gasteiger partial charge in [-0.25, -0.2) is 4.39 Å². The van der Waals surface area contributed by atoms with Gasteiger partial charge < -0.3 is 5.11 Å². The van der Waals surface area contributed by atoms with Crippen molar-refractivity contribution in [2.45, 2.75) is 31.3 Å². The third-order valence-corrected chi connectivity index (χ3v) is 5.08. The molecule has 2 aliphatic rings. The number of aliphatic hydroxyl groups is 1. The van der Waals surface area contributed by atoms with Crippen molar-refractivity contribution in [3.05, 3.63) is 28.5 Å². The van der Waals surface area contributed by atoms with Crippen LogP contribution in [0.1, 0.15) is 25.7 Å². The van der Waals surface area contributed by atoms with Crippen molar-refractivity contribution in [3.8, 4) is 0 Å². The lowest BCUT2D eigenvalue weighted by Crippen LogP contribution is -2.45. The second-order valence-electron chi connectivity index (χ2n) is 5.30. The molecule has 1 saturated carbocycles. The van der Waals surface area contributed by atoms with Crippen LogP contribution in [0.4, 0.5) is 10.1 Å². The highest BCUT2D eigenvalue weighted by Gasteiger charge is 2.57. The first kappa shape index (κ1) is 14.1. The van der Waals surface area contributed by atoms with Crippen LogP contribution in [0, 0.1) is 11.7 Å². The molecule has 2 fully saturated rings. The summed E-state index contributed by atoms with van der Waals surface area (Å²) in [7, 11) is 0. The lowest BCUT2D eigenvalue weighted by molar-refractivity contribution is -0.138. The lowest BCUT2D eigenvalue weighted by atomic mass is 9.77. The minimum absolute atomic E-state index is 0.117. The molecule has 6 heteroatoms. The number of carbonyl (C=O) groups is 1. The Kier molecular flexibility index (Phi) is 3.43. The lowest BCUT2D eigenvalue weighted by Gasteiger charge is -2.30. The van der Waals surface area contributed by atoms with Crippen LogP contribution in [0.25, 0.3) is 0 Å². The molecule has 3 rings (SSSR count). The number of hydrogen-bond acceptors (Lipinski definition) is 3. The summed E-state index contributed by atoms with van der Waals surface area (Å²) in [5.74, 6) is -1.40. The number of fused-ring (bicyclic) bond motifs is 1. The molecule has 0 bridgehead atoms. The summed E-state index contributed by atoms with van der Waals surface area (Å²) >= 11 is 8.51. The van der Waals surface area contributed by atoms with Crippen LogP contribution in [0.15, 0.2) is 22.7 Å². The summed E-state index contributed by atoms with van der Waals surface area (Å²) < 4.78 is 14.7. The van der Waals surface area contributed by atoms with E-state index in [2.05, 4.69) is 15.9 Å². The van der Waals surface area contributed by atoms with Crippen molar-refractivity contribution in [2.75, 3.05) is 4.90 Å². The standard InChI is InChI=1S/C14H13BrFNO2S/c15-8-4-5-11(10(16)7-8)17-12(20)9-3-1-2-6-14(9,19)13(17)18/h4-5,7,9,19H,1-3,6H2. The smallest absolute Gasteiger partial charge is 0.264 e. The molecule has 2 unspecified atom stereocenters. The summed E-state index contributed by atoms with van der Waals surface area (Å²) in [5.41, 5.74) is -1.33. The van der Waals surface area contributed by atoms with E-state index in [4.69, 9.17) is 12.2 Å². The monoisotopic (exact) mass is 357 g/mol. The Labute approximate surface area is 129 Å². The number of anilines is 1. The Morgan fingerprint density at radius 2 is 2.20 bits per heavy atom. The molecular formula is C14H13BrFNO2S. The molecule has 0 spiro atoms. The molecule has 1 aliphatic carbocycles. The van der Waals surface area contributed by atoms with Crippen LogP contribution in [0.2, 0.25) is 0 Å². The van der Waals surface area contributed by atoms with Crippen LogP contribution < -0.4 is 4.90 Å². The zero-order valence-corrected chi connectivity index (χ0v) is 13.0. The van der Waals surface area contributed by atoms with Crippen molar-refractivity contribution in [2.24, 2.45) is 5.92 Å². The number of amides is 1. The molecule has 2 atom stereocenters. The fraction of sp³-hybridized carbons (Fsp3) is 0.429. The number of carbonyl (C=O) groups excluding carboxylic acids is 1. The fourth-order valence-electron chi connectivity index (χ4n) is 3.08. The third-order valence-electron chi connectivity index (χ3n) is 4.12. The Hall–Kier alpha value is -0.850. The van der Waals surface area contributed by atoms with Gasteiger partial charge in [0.15, 0.2) is 5.60 Å². The zero-order valence-electron chi connectivity index (χ0n) is 10.6. The summed E-state index contributed by atoms with van der Waals surface area (Å²) in [5, 5.41) is 10.6. The minimum Gasteiger partial charge on any atom is -0.379 e. The number of halogens is 2. The summed E-state index contributed by atoms with van der Waals surface area (Å²) in [6.45, 7) is 0. The van der Waals surface area contributed by atoms with Crippen molar-refractivity contribution < 1.29 is 14.3 Å². The average Bonchev–Trinajstić information content (AvgIpc) is 2.59. The van der Waals surface area contributed by atoms with Gasteiger partial charge in [0.1, 0.15) is 5.82 Å². The second kappa shape index (κ2) is 4.86. The molecule has 1 aromatic rings. The van der Waals surface area contributed by atoms with Gasteiger partial charge in [0.2, 0.25) is 0 Å². The van der Waals surface area contributed by atoms with Crippen molar-refractivity contribution in [1.82, 2.24) is 0 Å². The third kappa shape index (κ3) is 1.93. The quantitative estimate of drug-likeness (QED) is 0.784. The molecule has 1 N–H and O–H groups in total. The maximum Gasteiger partial charge on any atom is 0.264 e. The number of nitrogens with zero attached hydrogens (tertiary/aromatic N) is 1. The van der Waals surface area contributed by atoms with E-state index in [0.29, 0.717) is 22.3 Å². The summed E-state index contributed by atoms with van der Waals surface area (Å²) in [6, 6.07) is 4.45. The van der Waals surface area contributed by atoms with Crippen LogP contribution in [0.3, 0.4) is 0 Å². The average molecular weight is 358 g/mol. The van der Waals surface area contributed by atoms with Gasteiger partial charge in [-0.2, -0.15) is 0 Å². The molecule has 1 heterocycles. The number of hydrogen-bond donors (Lipinski definition) is 1. The maximum absolute atomic E-state index is 14.1. The first-order chi connectivity index (χ1) is 9.45. The van der Waals surface area contributed by atoms with E-state index in [9.17, 15) is 14.3 Å². The minimum atomic E-state index is -1.45. The SMILES string of the molecule is O=C1N(c2ccc(Br)cc2F)C(=S)C2CCCCC12O. The highest BCUT2D eigenvalue weighted by atomic mass is 79.9. The second-order valence-corrected chi connectivity index (χ2v) is 6.63. The van der Waals surface area contributed by atoms with Gasteiger partial charge in [-0.1, -0.05) is 34.6 Å². The normalized spacial score (nSPS) is 29.8. The van der Waals surface area contributed by atoms with E-state index < -0.39 is 17.3 Å². The van der Waals surface area contributed by atoms with Crippen LogP contribution in [0.5, 0.6) is 0 Å². The number of benzene rings is 1. The van der Waals surface area contributed by atoms with Crippen molar-refractivity contribution >= 4 is 44.7 Å². The first-order valence-corrected chi connectivity index (χ1v) is 7.71. The number of thiocarbonyl (C=S) groups is 1. The van der Waals surface area contributed by atoms with Crippen LogP contribution in [-0.2, 0) is 4.79 Å². The molecule has 3 nitrogen and oxygen atoms in total. The van der Waals surface area contributed by atoms with E-state index in [0.717, 1.165) is 12.8 Å². The van der Waals surface area contributed by atoms with E-state index >= 15 is 0 Å². The van der Waals surface area contributed by atoms with E-state index in [1.807, 2.05) is 0 Å². The predicted octanol–water partition coefficient (Wildman–Crippen LogP) is 3.18. The maximum atomic E-state index is 14.1. The topological polar surface area (TPSA) is 40.5 Å². The van der Waals surface area contributed by atoms with Crippen molar-refractivity contribution in [1.29, 1.82) is 0 Å². The molecule has 0 radical (unpaired) electrons. The van der Waals surface area contributed by atoms with Gasteiger partial charge >= 0.3 is 0 Å². The van der Waals surface area contributed by atoms with E-state index in [1.54, 1.807) is 6.07 Å². The highest BCUT2D eigenvalue weighted by Crippen LogP contribution is 2.44. The fourth-order valence-corrected chi connectivity index (χ4v) is 3.91. The predicted molar refractivity (Wildman–Crippen MR) is 81.1 cm³/mol. The van der Waals surface area contributed by atoms with E-state index in [-0.39, 0.29) is 11.6 Å².